The number of rotatable bonds is 9. The van der Waals surface area contributed by atoms with Crippen molar-refractivity contribution >= 4 is 15.7 Å². The molecule has 0 aromatic heterocycles. The molecular formula is C18H27NO4S. The smallest absolute Gasteiger partial charge is 0.221 e. The third-order valence-electron chi connectivity index (χ3n) is 4.55. The number of amides is 1. The maximum Gasteiger partial charge on any atom is 0.221 e. The average Bonchev–Trinajstić information content (AvgIpc) is 3.13. The molecule has 1 amide bonds. The van der Waals surface area contributed by atoms with E-state index in [2.05, 4.69) is 5.32 Å². The van der Waals surface area contributed by atoms with Crippen molar-refractivity contribution in [1.82, 2.24) is 5.32 Å². The van der Waals surface area contributed by atoms with Gasteiger partial charge in [0.15, 0.2) is 9.84 Å². The molecule has 0 aliphatic heterocycles. The van der Waals surface area contributed by atoms with E-state index in [-0.39, 0.29) is 23.3 Å². The van der Waals surface area contributed by atoms with Gasteiger partial charge in [-0.3, -0.25) is 4.79 Å². The highest BCUT2D eigenvalue weighted by atomic mass is 32.2. The van der Waals surface area contributed by atoms with E-state index < -0.39 is 9.84 Å². The predicted octanol–water partition coefficient (Wildman–Crippen LogP) is 2.49. The molecule has 0 unspecified atom stereocenters. The fourth-order valence-corrected chi connectivity index (χ4v) is 4.90. The van der Waals surface area contributed by atoms with Gasteiger partial charge in [-0.1, -0.05) is 25.0 Å². The van der Waals surface area contributed by atoms with Crippen LogP contribution in [0.1, 0.15) is 44.1 Å². The summed E-state index contributed by atoms with van der Waals surface area (Å²) in [7, 11) is -1.47. The SMILES string of the molecule is COc1ccc(CCCNC(=O)CCS(=O)(=O)C2CCCC2)cc1. The van der Waals surface area contributed by atoms with Crippen LogP contribution in [0.15, 0.2) is 24.3 Å². The van der Waals surface area contributed by atoms with E-state index in [1.165, 1.54) is 5.56 Å². The van der Waals surface area contributed by atoms with E-state index in [0.717, 1.165) is 44.3 Å². The summed E-state index contributed by atoms with van der Waals surface area (Å²) >= 11 is 0. The Hall–Kier alpha value is -1.56. The van der Waals surface area contributed by atoms with E-state index in [9.17, 15) is 13.2 Å². The van der Waals surface area contributed by atoms with Crippen molar-refractivity contribution in [2.24, 2.45) is 0 Å². The summed E-state index contributed by atoms with van der Waals surface area (Å²) in [5, 5.41) is 2.59. The highest BCUT2D eigenvalue weighted by molar-refractivity contribution is 7.92. The van der Waals surface area contributed by atoms with Gasteiger partial charge in [-0.15, -0.1) is 0 Å². The van der Waals surface area contributed by atoms with Crippen LogP contribution in [-0.4, -0.2) is 39.0 Å². The fourth-order valence-electron chi connectivity index (χ4n) is 3.05. The van der Waals surface area contributed by atoms with Gasteiger partial charge in [0.2, 0.25) is 5.91 Å². The lowest BCUT2D eigenvalue weighted by atomic mass is 10.1. The lowest BCUT2D eigenvalue weighted by molar-refractivity contribution is -0.120. The maximum absolute atomic E-state index is 12.1. The number of carbonyl (C=O) groups is 1. The molecule has 0 heterocycles. The number of hydrogen-bond donors (Lipinski definition) is 1. The number of sulfone groups is 1. The molecule has 134 valence electrons. The highest BCUT2D eigenvalue weighted by Gasteiger charge is 2.28. The molecule has 1 saturated carbocycles. The van der Waals surface area contributed by atoms with Crippen LogP contribution in [0, 0.1) is 0 Å². The van der Waals surface area contributed by atoms with Crippen LogP contribution in [0.4, 0.5) is 0 Å². The van der Waals surface area contributed by atoms with Crippen molar-refractivity contribution < 1.29 is 17.9 Å². The molecule has 1 N–H and O–H groups in total. The van der Waals surface area contributed by atoms with E-state index >= 15 is 0 Å². The minimum atomic E-state index is -3.11. The Balaban J connectivity index is 1.62. The fraction of sp³-hybridized carbons (Fsp3) is 0.611. The first kappa shape index (κ1) is 18.8. The molecule has 1 fully saturated rings. The van der Waals surface area contributed by atoms with Crippen molar-refractivity contribution in [2.45, 2.75) is 50.2 Å². The van der Waals surface area contributed by atoms with Gasteiger partial charge in [0.1, 0.15) is 5.75 Å². The zero-order chi connectivity index (χ0) is 17.4. The minimum absolute atomic E-state index is 0.0258. The Morgan fingerprint density at radius 1 is 1.21 bits per heavy atom. The van der Waals surface area contributed by atoms with Crippen molar-refractivity contribution in [3.63, 3.8) is 0 Å². The van der Waals surface area contributed by atoms with Crippen LogP contribution in [0.3, 0.4) is 0 Å². The monoisotopic (exact) mass is 353 g/mol. The van der Waals surface area contributed by atoms with Crippen LogP contribution in [0.5, 0.6) is 5.75 Å². The first-order chi connectivity index (χ1) is 11.5. The lowest BCUT2D eigenvalue weighted by Crippen LogP contribution is -2.29. The van der Waals surface area contributed by atoms with Gasteiger partial charge in [-0.2, -0.15) is 0 Å². The lowest BCUT2D eigenvalue weighted by Gasteiger charge is -2.11. The molecule has 1 aromatic carbocycles. The second kappa shape index (κ2) is 9.06. The quantitative estimate of drug-likeness (QED) is 0.692. The number of carbonyl (C=O) groups excluding carboxylic acids is 1. The van der Waals surface area contributed by atoms with Gasteiger partial charge in [-0.25, -0.2) is 8.42 Å². The predicted molar refractivity (Wildman–Crippen MR) is 95.0 cm³/mol. The summed E-state index contributed by atoms with van der Waals surface area (Å²) in [6.45, 7) is 0.564. The van der Waals surface area contributed by atoms with Gasteiger partial charge >= 0.3 is 0 Å². The molecule has 0 bridgehead atoms. The third kappa shape index (κ3) is 5.82. The number of nitrogens with one attached hydrogen (secondary N) is 1. The summed E-state index contributed by atoms with van der Waals surface area (Å²) in [5.41, 5.74) is 1.19. The average molecular weight is 353 g/mol. The van der Waals surface area contributed by atoms with Crippen molar-refractivity contribution in [3.05, 3.63) is 29.8 Å². The van der Waals surface area contributed by atoms with Gasteiger partial charge < -0.3 is 10.1 Å². The van der Waals surface area contributed by atoms with Gasteiger partial charge in [0.25, 0.3) is 0 Å². The second-order valence-corrected chi connectivity index (χ2v) is 8.73. The van der Waals surface area contributed by atoms with Crippen LogP contribution in [0.2, 0.25) is 0 Å². The first-order valence-corrected chi connectivity index (χ1v) is 10.3. The van der Waals surface area contributed by atoms with Crippen LogP contribution in [0.25, 0.3) is 0 Å². The van der Waals surface area contributed by atoms with Crippen molar-refractivity contribution in [2.75, 3.05) is 19.4 Å². The number of aryl methyl sites for hydroxylation is 1. The van der Waals surface area contributed by atoms with Gasteiger partial charge in [0, 0.05) is 13.0 Å². The summed E-state index contributed by atoms with van der Waals surface area (Å²) < 4.78 is 29.3. The molecule has 1 aliphatic rings. The summed E-state index contributed by atoms with van der Waals surface area (Å²) in [4.78, 5) is 11.8. The van der Waals surface area contributed by atoms with Crippen LogP contribution < -0.4 is 10.1 Å². The standard InChI is InChI=1S/C18H27NO4S/c1-23-16-10-8-15(9-11-16)5-4-13-19-18(20)12-14-24(21,22)17-6-2-3-7-17/h8-11,17H,2-7,12-14H2,1H3,(H,19,20). The third-order valence-corrected chi connectivity index (χ3v) is 6.81. The number of hydrogen-bond acceptors (Lipinski definition) is 4. The second-order valence-electron chi connectivity index (χ2n) is 6.33. The molecule has 0 radical (unpaired) electrons. The van der Waals surface area contributed by atoms with Crippen molar-refractivity contribution in [1.29, 1.82) is 0 Å². The molecule has 0 spiro atoms. The van der Waals surface area contributed by atoms with Crippen LogP contribution in [-0.2, 0) is 21.1 Å². The van der Waals surface area contributed by atoms with Gasteiger partial charge in [0.05, 0.1) is 18.1 Å². The Morgan fingerprint density at radius 3 is 2.50 bits per heavy atom. The first-order valence-electron chi connectivity index (χ1n) is 8.62. The molecule has 24 heavy (non-hydrogen) atoms. The molecule has 6 heteroatoms. The number of benzene rings is 1. The zero-order valence-electron chi connectivity index (χ0n) is 14.3. The molecule has 0 atom stereocenters. The molecule has 1 aliphatic carbocycles. The highest BCUT2D eigenvalue weighted by Crippen LogP contribution is 2.25. The minimum Gasteiger partial charge on any atom is -0.497 e. The summed E-state index contributed by atoms with van der Waals surface area (Å²) in [5.74, 6) is 0.629. The normalized spacial score (nSPS) is 15.4. The Kier molecular flexibility index (Phi) is 7.09. The summed E-state index contributed by atoms with van der Waals surface area (Å²) in [6, 6.07) is 7.85. The molecule has 0 saturated heterocycles. The van der Waals surface area contributed by atoms with E-state index in [1.807, 2.05) is 24.3 Å². The molecule has 1 aromatic rings. The summed E-state index contributed by atoms with van der Waals surface area (Å²) in [6.07, 6.45) is 5.25. The largest absolute Gasteiger partial charge is 0.497 e. The Morgan fingerprint density at radius 2 is 1.88 bits per heavy atom. The Labute approximate surface area is 144 Å². The van der Waals surface area contributed by atoms with E-state index in [1.54, 1.807) is 7.11 Å². The number of ether oxygens (including phenoxy) is 1. The van der Waals surface area contributed by atoms with Crippen molar-refractivity contribution in [3.8, 4) is 5.75 Å². The van der Waals surface area contributed by atoms with E-state index in [4.69, 9.17) is 4.74 Å². The topological polar surface area (TPSA) is 72.5 Å². The van der Waals surface area contributed by atoms with Gasteiger partial charge in [-0.05, 0) is 43.4 Å². The molecular weight excluding hydrogens is 326 g/mol. The number of methoxy groups -OCH3 is 1. The Bertz CT molecular complexity index is 619. The maximum atomic E-state index is 12.1. The molecule has 2 rings (SSSR count). The van der Waals surface area contributed by atoms with E-state index in [0.29, 0.717) is 6.54 Å². The van der Waals surface area contributed by atoms with Crippen LogP contribution >= 0.6 is 0 Å². The zero-order valence-corrected chi connectivity index (χ0v) is 15.1. The molecule has 5 nitrogen and oxygen atoms in total.